The van der Waals surface area contributed by atoms with Crippen LogP contribution in [0, 0.1) is 13.8 Å². The van der Waals surface area contributed by atoms with Gasteiger partial charge in [0.15, 0.2) is 5.16 Å². The van der Waals surface area contributed by atoms with Crippen molar-refractivity contribution in [3.05, 3.63) is 77.6 Å². The highest BCUT2D eigenvalue weighted by atomic mass is 32.2. The Balaban J connectivity index is 1.67. The molecule has 0 saturated carbocycles. The first kappa shape index (κ1) is 18.3. The summed E-state index contributed by atoms with van der Waals surface area (Å²) in [6, 6.07) is 16.3. The summed E-state index contributed by atoms with van der Waals surface area (Å²) < 4.78 is 2.04. The van der Waals surface area contributed by atoms with Crippen LogP contribution < -0.4 is 5.32 Å². The van der Waals surface area contributed by atoms with Crippen molar-refractivity contribution in [2.45, 2.75) is 37.7 Å². The molecule has 1 unspecified atom stereocenters. The molecule has 3 aromatic rings. The molecule has 26 heavy (non-hydrogen) atoms. The third kappa shape index (κ3) is 4.35. The van der Waals surface area contributed by atoms with Gasteiger partial charge in [-0.1, -0.05) is 59.8 Å². The van der Waals surface area contributed by atoms with Crippen molar-refractivity contribution in [2.75, 3.05) is 0 Å². The molecule has 3 rings (SSSR count). The van der Waals surface area contributed by atoms with Gasteiger partial charge >= 0.3 is 0 Å². The van der Waals surface area contributed by atoms with Crippen LogP contribution in [0.5, 0.6) is 0 Å². The number of benzene rings is 2. The molecule has 134 valence electrons. The summed E-state index contributed by atoms with van der Waals surface area (Å²) >= 11 is 1.47. The van der Waals surface area contributed by atoms with Gasteiger partial charge in [0.05, 0.1) is 10.9 Å². The largest absolute Gasteiger partial charge is 0.351 e. The molecular weight excluding hydrogens is 342 g/mol. The first-order chi connectivity index (χ1) is 12.5. The fourth-order valence-electron chi connectivity index (χ4n) is 2.78. The maximum absolute atomic E-state index is 12.4. The van der Waals surface area contributed by atoms with Crippen molar-refractivity contribution in [1.29, 1.82) is 0 Å². The van der Waals surface area contributed by atoms with E-state index in [2.05, 4.69) is 42.3 Å². The molecule has 0 saturated heterocycles. The fourth-order valence-corrected chi connectivity index (χ4v) is 3.68. The summed E-state index contributed by atoms with van der Waals surface area (Å²) in [5.41, 5.74) is 4.60. The lowest BCUT2D eigenvalue weighted by Crippen LogP contribution is -2.30. The van der Waals surface area contributed by atoms with Gasteiger partial charge in [-0.3, -0.25) is 9.36 Å². The number of nitrogens with one attached hydrogen (secondary N) is 1. The van der Waals surface area contributed by atoms with Crippen molar-refractivity contribution < 1.29 is 4.79 Å². The van der Waals surface area contributed by atoms with Crippen molar-refractivity contribution in [1.82, 2.24) is 14.9 Å². The number of hydrogen-bond acceptors (Lipinski definition) is 3. The number of carbonyl (C=O) groups excluding carboxylic acids is 1. The Bertz CT molecular complexity index is 889. The van der Waals surface area contributed by atoms with Gasteiger partial charge < -0.3 is 5.32 Å². The van der Waals surface area contributed by atoms with Crippen LogP contribution in [0.3, 0.4) is 0 Å². The molecule has 1 N–H and O–H groups in total. The maximum Gasteiger partial charge on any atom is 0.233 e. The standard InChI is InChI=1S/C21H23N3OS/c1-15-9-10-19(16(2)13-15)24-12-11-22-21(24)26-17(3)20(25)23-14-18-7-5-4-6-8-18/h4-13,17H,14H2,1-3H3,(H,23,25). The number of aryl methyl sites for hydroxylation is 2. The second-order valence-electron chi connectivity index (χ2n) is 6.33. The molecule has 5 heteroatoms. The fraction of sp³-hybridized carbons (Fsp3) is 0.238. The summed E-state index contributed by atoms with van der Waals surface area (Å²) in [4.78, 5) is 16.9. The van der Waals surface area contributed by atoms with E-state index in [1.165, 1.54) is 22.9 Å². The summed E-state index contributed by atoms with van der Waals surface area (Å²) in [6.07, 6.45) is 3.71. The predicted molar refractivity (Wildman–Crippen MR) is 107 cm³/mol. The minimum Gasteiger partial charge on any atom is -0.351 e. The number of rotatable bonds is 6. The van der Waals surface area contributed by atoms with Crippen molar-refractivity contribution >= 4 is 17.7 Å². The highest BCUT2D eigenvalue weighted by Gasteiger charge is 2.18. The van der Waals surface area contributed by atoms with E-state index in [1.54, 1.807) is 6.20 Å². The van der Waals surface area contributed by atoms with Crippen LogP contribution in [0.2, 0.25) is 0 Å². The summed E-state index contributed by atoms with van der Waals surface area (Å²) in [5, 5.41) is 3.58. The van der Waals surface area contributed by atoms with Crippen molar-refractivity contribution in [2.24, 2.45) is 0 Å². The van der Waals surface area contributed by atoms with Crippen LogP contribution in [-0.2, 0) is 11.3 Å². The van der Waals surface area contributed by atoms with Crippen LogP contribution in [0.4, 0.5) is 0 Å². The van der Waals surface area contributed by atoms with E-state index in [0.29, 0.717) is 6.54 Å². The monoisotopic (exact) mass is 365 g/mol. The first-order valence-electron chi connectivity index (χ1n) is 8.64. The third-order valence-corrected chi connectivity index (χ3v) is 5.26. The van der Waals surface area contributed by atoms with E-state index in [1.807, 2.05) is 48.0 Å². The van der Waals surface area contributed by atoms with E-state index in [-0.39, 0.29) is 11.2 Å². The third-order valence-electron chi connectivity index (χ3n) is 4.18. The molecule has 0 spiro atoms. The Morgan fingerprint density at radius 1 is 1.19 bits per heavy atom. The molecule has 0 bridgehead atoms. The van der Waals surface area contributed by atoms with Crippen LogP contribution in [0.1, 0.15) is 23.6 Å². The summed E-state index contributed by atoms with van der Waals surface area (Å²) in [7, 11) is 0. The molecule has 4 nitrogen and oxygen atoms in total. The number of aromatic nitrogens is 2. The molecule has 1 aromatic heterocycles. The van der Waals surface area contributed by atoms with Crippen LogP contribution in [0.15, 0.2) is 66.1 Å². The zero-order chi connectivity index (χ0) is 18.5. The lowest BCUT2D eigenvalue weighted by atomic mass is 10.1. The molecule has 0 aliphatic rings. The normalized spacial score (nSPS) is 12.0. The average molecular weight is 366 g/mol. The van der Waals surface area contributed by atoms with E-state index < -0.39 is 0 Å². The second-order valence-corrected chi connectivity index (χ2v) is 7.64. The number of amides is 1. The Morgan fingerprint density at radius 3 is 2.69 bits per heavy atom. The second kappa shape index (κ2) is 8.23. The molecule has 0 radical (unpaired) electrons. The highest BCUT2D eigenvalue weighted by molar-refractivity contribution is 8.00. The number of thioether (sulfide) groups is 1. The molecule has 0 fully saturated rings. The van der Waals surface area contributed by atoms with Crippen LogP contribution in [-0.4, -0.2) is 20.7 Å². The topological polar surface area (TPSA) is 46.9 Å². The summed E-state index contributed by atoms with van der Waals surface area (Å²) in [5.74, 6) is 0.00836. The minimum atomic E-state index is -0.231. The average Bonchev–Trinajstić information content (AvgIpc) is 3.08. The molecule has 1 amide bonds. The molecule has 1 heterocycles. The van der Waals surface area contributed by atoms with Gasteiger partial charge in [-0.2, -0.15) is 0 Å². The number of carbonyl (C=O) groups is 1. The van der Waals surface area contributed by atoms with Gasteiger partial charge in [0.1, 0.15) is 0 Å². The van der Waals surface area contributed by atoms with Gasteiger partial charge in [0.25, 0.3) is 0 Å². The molecular formula is C21H23N3OS. The summed E-state index contributed by atoms with van der Waals surface area (Å²) in [6.45, 7) is 6.62. The molecule has 2 aromatic carbocycles. The van der Waals surface area contributed by atoms with Gasteiger partial charge in [-0.15, -0.1) is 0 Å². The Hall–Kier alpha value is -2.53. The highest BCUT2D eigenvalue weighted by Crippen LogP contribution is 2.26. The molecule has 0 aliphatic carbocycles. The Labute approximate surface area is 158 Å². The van der Waals surface area contributed by atoms with Crippen molar-refractivity contribution in [3.63, 3.8) is 0 Å². The minimum absolute atomic E-state index is 0.00836. The Kier molecular flexibility index (Phi) is 5.78. The SMILES string of the molecule is Cc1ccc(-n2ccnc2SC(C)C(=O)NCc2ccccc2)c(C)c1. The quantitative estimate of drug-likeness (QED) is 0.663. The van der Waals surface area contributed by atoms with Crippen molar-refractivity contribution in [3.8, 4) is 5.69 Å². The van der Waals surface area contributed by atoms with Crippen LogP contribution >= 0.6 is 11.8 Å². The zero-order valence-corrected chi connectivity index (χ0v) is 16.1. The van der Waals surface area contributed by atoms with Crippen LogP contribution in [0.25, 0.3) is 5.69 Å². The lowest BCUT2D eigenvalue weighted by molar-refractivity contribution is -0.120. The van der Waals surface area contributed by atoms with E-state index >= 15 is 0 Å². The van der Waals surface area contributed by atoms with E-state index in [0.717, 1.165) is 16.4 Å². The van der Waals surface area contributed by atoms with Gasteiger partial charge in [-0.25, -0.2) is 4.98 Å². The zero-order valence-electron chi connectivity index (χ0n) is 15.3. The smallest absolute Gasteiger partial charge is 0.233 e. The maximum atomic E-state index is 12.4. The lowest BCUT2D eigenvalue weighted by Gasteiger charge is -2.14. The Morgan fingerprint density at radius 2 is 1.96 bits per heavy atom. The predicted octanol–water partition coefficient (Wildman–Crippen LogP) is 4.29. The molecule has 0 aliphatic heterocycles. The molecule has 1 atom stereocenters. The van der Waals surface area contributed by atoms with E-state index in [4.69, 9.17) is 0 Å². The number of hydrogen-bond donors (Lipinski definition) is 1. The number of nitrogens with zero attached hydrogens (tertiary/aromatic N) is 2. The van der Waals surface area contributed by atoms with Gasteiger partial charge in [0.2, 0.25) is 5.91 Å². The van der Waals surface area contributed by atoms with Gasteiger partial charge in [0, 0.05) is 18.9 Å². The number of imidazole rings is 1. The van der Waals surface area contributed by atoms with Gasteiger partial charge in [-0.05, 0) is 38.0 Å². The van der Waals surface area contributed by atoms with E-state index in [9.17, 15) is 4.79 Å². The first-order valence-corrected chi connectivity index (χ1v) is 9.52.